The lowest BCUT2D eigenvalue weighted by Gasteiger charge is -2.31. The first kappa shape index (κ1) is 13.3. The van der Waals surface area contributed by atoms with E-state index >= 15 is 0 Å². The SMILES string of the molecule is CCN(CC)C(=O)CC1CC=C(C)C1(C)C. The summed E-state index contributed by atoms with van der Waals surface area (Å²) in [4.78, 5) is 14.0. The summed E-state index contributed by atoms with van der Waals surface area (Å²) in [6, 6.07) is 0. The number of amides is 1. The van der Waals surface area contributed by atoms with E-state index in [1.165, 1.54) is 5.57 Å². The first-order valence-electron chi connectivity index (χ1n) is 6.38. The topological polar surface area (TPSA) is 20.3 Å². The lowest BCUT2D eigenvalue weighted by atomic mass is 9.76. The highest BCUT2D eigenvalue weighted by molar-refractivity contribution is 5.76. The summed E-state index contributed by atoms with van der Waals surface area (Å²) in [6.45, 7) is 12.4. The van der Waals surface area contributed by atoms with E-state index in [1.807, 2.05) is 18.7 Å². The highest BCUT2D eigenvalue weighted by Crippen LogP contribution is 2.44. The Labute approximate surface area is 99.7 Å². The maximum atomic E-state index is 12.1. The van der Waals surface area contributed by atoms with E-state index in [9.17, 15) is 4.79 Å². The van der Waals surface area contributed by atoms with Crippen LogP contribution in [0.25, 0.3) is 0 Å². The fraction of sp³-hybridized carbons (Fsp3) is 0.786. The second-order valence-corrected chi connectivity index (χ2v) is 5.31. The Kier molecular flexibility index (Phi) is 4.17. The molecule has 0 saturated heterocycles. The van der Waals surface area contributed by atoms with E-state index in [0.717, 1.165) is 19.5 Å². The zero-order valence-electron chi connectivity index (χ0n) is 11.3. The summed E-state index contributed by atoms with van der Waals surface area (Å²) in [5.41, 5.74) is 1.63. The minimum Gasteiger partial charge on any atom is -0.343 e. The molecule has 0 N–H and O–H groups in total. The molecular weight excluding hydrogens is 198 g/mol. The third-order valence-electron chi connectivity index (χ3n) is 4.28. The molecule has 2 heteroatoms. The predicted octanol–water partition coefficient (Wildman–Crippen LogP) is 3.24. The molecule has 0 radical (unpaired) electrons. The first-order valence-corrected chi connectivity index (χ1v) is 6.38. The van der Waals surface area contributed by atoms with Gasteiger partial charge in [-0.3, -0.25) is 4.79 Å². The minimum atomic E-state index is 0.197. The second kappa shape index (κ2) is 5.03. The molecule has 0 aromatic heterocycles. The molecule has 92 valence electrons. The van der Waals surface area contributed by atoms with Gasteiger partial charge in [-0.1, -0.05) is 25.5 Å². The molecule has 0 aromatic rings. The van der Waals surface area contributed by atoms with Crippen LogP contribution < -0.4 is 0 Å². The number of nitrogens with zero attached hydrogens (tertiary/aromatic N) is 1. The van der Waals surface area contributed by atoms with Crippen molar-refractivity contribution in [3.8, 4) is 0 Å². The monoisotopic (exact) mass is 223 g/mol. The minimum absolute atomic E-state index is 0.197. The second-order valence-electron chi connectivity index (χ2n) is 5.31. The van der Waals surface area contributed by atoms with E-state index in [4.69, 9.17) is 0 Å². The van der Waals surface area contributed by atoms with E-state index in [1.54, 1.807) is 0 Å². The third kappa shape index (κ3) is 2.47. The van der Waals surface area contributed by atoms with E-state index < -0.39 is 0 Å². The summed E-state index contributed by atoms with van der Waals surface area (Å²) < 4.78 is 0. The Morgan fingerprint density at radius 2 is 2.00 bits per heavy atom. The number of allylic oxidation sites excluding steroid dienone is 2. The first-order chi connectivity index (χ1) is 7.43. The van der Waals surface area contributed by atoms with Gasteiger partial charge in [0.05, 0.1) is 0 Å². The van der Waals surface area contributed by atoms with E-state index in [-0.39, 0.29) is 5.41 Å². The van der Waals surface area contributed by atoms with Gasteiger partial charge in [0.1, 0.15) is 0 Å². The molecule has 0 spiro atoms. The van der Waals surface area contributed by atoms with Gasteiger partial charge in [-0.05, 0) is 38.5 Å². The lowest BCUT2D eigenvalue weighted by molar-refractivity contribution is -0.132. The molecule has 1 aliphatic carbocycles. The van der Waals surface area contributed by atoms with Gasteiger partial charge in [0.15, 0.2) is 0 Å². The van der Waals surface area contributed by atoms with Gasteiger partial charge in [0.25, 0.3) is 0 Å². The van der Waals surface area contributed by atoms with Gasteiger partial charge >= 0.3 is 0 Å². The Morgan fingerprint density at radius 3 is 2.38 bits per heavy atom. The Hall–Kier alpha value is -0.790. The van der Waals surface area contributed by atoms with Crippen molar-refractivity contribution in [3.63, 3.8) is 0 Å². The molecule has 1 unspecified atom stereocenters. The average Bonchev–Trinajstić information content (AvgIpc) is 2.47. The van der Waals surface area contributed by atoms with Crippen LogP contribution in [0.1, 0.15) is 47.5 Å². The molecule has 1 rings (SSSR count). The van der Waals surface area contributed by atoms with Crippen molar-refractivity contribution in [3.05, 3.63) is 11.6 Å². The van der Waals surface area contributed by atoms with Crippen LogP contribution >= 0.6 is 0 Å². The molecule has 0 aliphatic heterocycles. The van der Waals surface area contributed by atoms with E-state index in [0.29, 0.717) is 18.2 Å². The molecule has 1 aliphatic rings. The highest BCUT2D eigenvalue weighted by Gasteiger charge is 2.36. The Morgan fingerprint density at radius 1 is 1.44 bits per heavy atom. The maximum absolute atomic E-state index is 12.1. The van der Waals surface area contributed by atoms with Crippen molar-refractivity contribution in [1.29, 1.82) is 0 Å². The van der Waals surface area contributed by atoms with E-state index in [2.05, 4.69) is 26.8 Å². The van der Waals surface area contributed by atoms with Gasteiger partial charge in [0.2, 0.25) is 5.91 Å². The number of carbonyl (C=O) groups is 1. The van der Waals surface area contributed by atoms with Crippen LogP contribution in [0.2, 0.25) is 0 Å². The van der Waals surface area contributed by atoms with Crippen LogP contribution in [0.15, 0.2) is 11.6 Å². The fourth-order valence-corrected chi connectivity index (χ4v) is 2.45. The highest BCUT2D eigenvalue weighted by atomic mass is 16.2. The number of hydrogen-bond acceptors (Lipinski definition) is 1. The van der Waals surface area contributed by atoms with Crippen molar-refractivity contribution in [2.24, 2.45) is 11.3 Å². The van der Waals surface area contributed by atoms with Gasteiger partial charge in [-0.2, -0.15) is 0 Å². The summed E-state index contributed by atoms with van der Waals surface area (Å²) in [5, 5.41) is 0. The third-order valence-corrected chi connectivity index (χ3v) is 4.28. The van der Waals surface area contributed by atoms with Gasteiger partial charge in [-0.25, -0.2) is 0 Å². The van der Waals surface area contributed by atoms with Gasteiger partial charge in [0, 0.05) is 19.5 Å². The normalized spacial score (nSPS) is 23.1. The van der Waals surface area contributed by atoms with Crippen LogP contribution in [-0.2, 0) is 4.79 Å². The standard InChI is InChI=1S/C14H25NO/c1-6-15(7-2)13(16)10-12-9-8-11(3)14(12,4)5/h8,12H,6-7,9-10H2,1-5H3. The zero-order valence-corrected chi connectivity index (χ0v) is 11.3. The van der Waals surface area contributed by atoms with Crippen LogP contribution in [0, 0.1) is 11.3 Å². The molecule has 0 bridgehead atoms. The summed E-state index contributed by atoms with van der Waals surface area (Å²) in [5.74, 6) is 0.798. The lowest BCUT2D eigenvalue weighted by Crippen LogP contribution is -2.34. The summed E-state index contributed by atoms with van der Waals surface area (Å²) in [7, 11) is 0. The Bertz CT molecular complexity index is 287. The largest absolute Gasteiger partial charge is 0.343 e. The molecule has 2 nitrogen and oxygen atoms in total. The van der Waals surface area contributed by atoms with Gasteiger partial charge in [-0.15, -0.1) is 0 Å². The molecule has 16 heavy (non-hydrogen) atoms. The quantitative estimate of drug-likeness (QED) is 0.670. The average molecular weight is 223 g/mol. The Balaban J connectivity index is 2.60. The maximum Gasteiger partial charge on any atom is 0.222 e. The van der Waals surface area contributed by atoms with Crippen molar-refractivity contribution < 1.29 is 4.79 Å². The molecule has 1 atom stereocenters. The van der Waals surface area contributed by atoms with Crippen molar-refractivity contribution in [2.75, 3.05) is 13.1 Å². The fourth-order valence-electron chi connectivity index (χ4n) is 2.45. The number of carbonyl (C=O) groups excluding carboxylic acids is 1. The van der Waals surface area contributed by atoms with Gasteiger partial charge < -0.3 is 4.90 Å². The molecule has 0 aromatic carbocycles. The number of rotatable bonds is 4. The molecule has 0 heterocycles. The van der Waals surface area contributed by atoms with Crippen LogP contribution in [-0.4, -0.2) is 23.9 Å². The van der Waals surface area contributed by atoms with Crippen LogP contribution in [0.3, 0.4) is 0 Å². The van der Waals surface area contributed by atoms with Crippen molar-refractivity contribution in [2.45, 2.75) is 47.5 Å². The number of hydrogen-bond donors (Lipinski definition) is 0. The van der Waals surface area contributed by atoms with Crippen molar-refractivity contribution >= 4 is 5.91 Å². The van der Waals surface area contributed by atoms with Crippen LogP contribution in [0.5, 0.6) is 0 Å². The van der Waals surface area contributed by atoms with Crippen LogP contribution in [0.4, 0.5) is 0 Å². The molecule has 0 saturated carbocycles. The summed E-state index contributed by atoms with van der Waals surface area (Å²) >= 11 is 0. The predicted molar refractivity (Wildman–Crippen MR) is 68.2 cm³/mol. The smallest absolute Gasteiger partial charge is 0.222 e. The molecule has 1 amide bonds. The molecular formula is C14H25NO. The molecule has 0 fully saturated rings. The summed E-state index contributed by atoms with van der Waals surface area (Å²) in [6.07, 6.45) is 4.05. The van der Waals surface area contributed by atoms with Crippen molar-refractivity contribution in [1.82, 2.24) is 4.90 Å². The zero-order chi connectivity index (χ0) is 12.3.